The second kappa shape index (κ2) is 6.65. The van der Waals surface area contributed by atoms with E-state index < -0.39 is 9.84 Å². The van der Waals surface area contributed by atoms with Gasteiger partial charge in [0.2, 0.25) is 0 Å². The van der Waals surface area contributed by atoms with Crippen molar-refractivity contribution in [2.24, 2.45) is 5.92 Å². The van der Waals surface area contributed by atoms with Gasteiger partial charge in [0.15, 0.2) is 9.84 Å². The second-order valence-corrected chi connectivity index (χ2v) is 8.19. The van der Waals surface area contributed by atoms with E-state index in [9.17, 15) is 8.42 Å². The molecule has 0 amide bonds. The maximum absolute atomic E-state index is 12.3. The predicted octanol–water partition coefficient (Wildman–Crippen LogP) is 3.55. The molecule has 1 aliphatic rings. The number of halogens is 2. The lowest BCUT2D eigenvalue weighted by atomic mass is 10.0. The van der Waals surface area contributed by atoms with Crippen molar-refractivity contribution in [3.63, 3.8) is 0 Å². The van der Waals surface area contributed by atoms with Gasteiger partial charge < -0.3 is 5.32 Å². The molecule has 112 valence electrons. The van der Waals surface area contributed by atoms with E-state index in [1.165, 1.54) is 24.6 Å². The first kappa shape index (κ1) is 16.1. The standard InChI is InChI=1S/C14H19Cl2NO2S/c1-17-14-4-2-3-10(14)7-8-20(18,19)11-5-6-12(15)13(16)9-11/h5-6,9-10,14,17H,2-4,7-8H2,1H3. The summed E-state index contributed by atoms with van der Waals surface area (Å²) in [6.45, 7) is 0. The number of hydrogen-bond donors (Lipinski definition) is 1. The van der Waals surface area contributed by atoms with Crippen molar-refractivity contribution >= 4 is 33.0 Å². The van der Waals surface area contributed by atoms with Crippen molar-refractivity contribution in [2.45, 2.75) is 36.6 Å². The van der Waals surface area contributed by atoms with Crippen LogP contribution in [0.5, 0.6) is 0 Å². The molecule has 0 radical (unpaired) electrons. The van der Waals surface area contributed by atoms with Crippen LogP contribution in [0.4, 0.5) is 0 Å². The first-order valence-electron chi connectivity index (χ1n) is 6.79. The fourth-order valence-electron chi connectivity index (χ4n) is 2.86. The Kier molecular flexibility index (Phi) is 5.35. The molecule has 0 saturated heterocycles. The Morgan fingerprint density at radius 1 is 1.25 bits per heavy atom. The summed E-state index contributed by atoms with van der Waals surface area (Å²) < 4.78 is 24.7. The van der Waals surface area contributed by atoms with E-state index >= 15 is 0 Å². The van der Waals surface area contributed by atoms with Gasteiger partial charge in [-0.25, -0.2) is 8.42 Å². The molecule has 6 heteroatoms. The Morgan fingerprint density at radius 2 is 2.00 bits per heavy atom. The number of rotatable bonds is 5. The van der Waals surface area contributed by atoms with E-state index in [0.717, 1.165) is 12.8 Å². The molecule has 1 fully saturated rings. The number of benzene rings is 1. The van der Waals surface area contributed by atoms with Gasteiger partial charge in [-0.3, -0.25) is 0 Å². The first-order valence-corrected chi connectivity index (χ1v) is 9.20. The van der Waals surface area contributed by atoms with Gasteiger partial charge in [-0.1, -0.05) is 29.6 Å². The molecule has 1 saturated carbocycles. The van der Waals surface area contributed by atoms with Crippen LogP contribution in [0.2, 0.25) is 10.0 Å². The van der Waals surface area contributed by atoms with Crippen molar-refractivity contribution in [1.29, 1.82) is 0 Å². The average molecular weight is 336 g/mol. The lowest BCUT2D eigenvalue weighted by Gasteiger charge is -2.18. The third-order valence-corrected chi connectivity index (χ3v) is 6.52. The van der Waals surface area contributed by atoms with E-state index in [-0.39, 0.29) is 15.7 Å². The van der Waals surface area contributed by atoms with E-state index in [4.69, 9.17) is 23.2 Å². The Bertz CT molecular complexity index is 575. The predicted molar refractivity (Wildman–Crippen MR) is 83.3 cm³/mol. The highest BCUT2D eigenvalue weighted by atomic mass is 35.5. The minimum Gasteiger partial charge on any atom is -0.317 e. The maximum Gasteiger partial charge on any atom is 0.178 e. The molecule has 0 bridgehead atoms. The summed E-state index contributed by atoms with van der Waals surface area (Å²) in [5.41, 5.74) is 0. The largest absolute Gasteiger partial charge is 0.317 e. The monoisotopic (exact) mass is 335 g/mol. The second-order valence-electron chi connectivity index (χ2n) is 5.27. The molecule has 2 rings (SSSR count). The molecule has 3 nitrogen and oxygen atoms in total. The zero-order valence-corrected chi connectivity index (χ0v) is 13.7. The maximum atomic E-state index is 12.3. The quantitative estimate of drug-likeness (QED) is 0.894. The summed E-state index contributed by atoms with van der Waals surface area (Å²) in [5.74, 6) is 0.603. The van der Waals surface area contributed by atoms with Gasteiger partial charge in [-0.15, -0.1) is 0 Å². The molecule has 1 aromatic carbocycles. The fourth-order valence-corrected chi connectivity index (χ4v) is 4.64. The summed E-state index contributed by atoms with van der Waals surface area (Å²) in [5, 5.41) is 3.92. The fraction of sp³-hybridized carbons (Fsp3) is 0.571. The van der Waals surface area contributed by atoms with Crippen LogP contribution < -0.4 is 5.32 Å². The lowest BCUT2D eigenvalue weighted by molar-refractivity contribution is 0.414. The van der Waals surface area contributed by atoms with Gasteiger partial charge in [0.05, 0.1) is 20.7 Å². The topological polar surface area (TPSA) is 46.2 Å². The minimum atomic E-state index is -3.29. The van der Waals surface area contributed by atoms with Crippen molar-refractivity contribution in [1.82, 2.24) is 5.32 Å². The SMILES string of the molecule is CNC1CCCC1CCS(=O)(=O)c1ccc(Cl)c(Cl)c1. The molecular weight excluding hydrogens is 317 g/mol. The van der Waals surface area contributed by atoms with Crippen molar-refractivity contribution in [3.8, 4) is 0 Å². The number of sulfone groups is 1. The molecule has 0 heterocycles. The van der Waals surface area contributed by atoms with Crippen molar-refractivity contribution < 1.29 is 8.42 Å². The van der Waals surface area contributed by atoms with Gasteiger partial charge in [-0.05, 0) is 50.4 Å². The average Bonchev–Trinajstić information content (AvgIpc) is 2.87. The van der Waals surface area contributed by atoms with Crippen LogP contribution in [-0.2, 0) is 9.84 Å². The molecule has 0 spiro atoms. The third-order valence-electron chi connectivity index (χ3n) is 4.04. The molecule has 20 heavy (non-hydrogen) atoms. The molecule has 0 aromatic heterocycles. The Morgan fingerprint density at radius 3 is 2.65 bits per heavy atom. The normalized spacial score (nSPS) is 23.1. The zero-order valence-electron chi connectivity index (χ0n) is 11.4. The van der Waals surface area contributed by atoms with E-state index in [2.05, 4.69) is 5.32 Å². The molecule has 2 atom stereocenters. The van der Waals surface area contributed by atoms with Crippen molar-refractivity contribution in [2.75, 3.05) is 12.8 Å². The summed E-state index contributed by atoms with van der Waals surface area (Å²) in [4.78, 5) is 0.255. The highest BCUT2D eigenvalue weighted by Crippen LogP contribution is 2.30. The summed E-state index contributed by atoms with van der Waals surface area (Å²) >= 11 is 11.7. The van der Waals surface area contributed by atoms with Gasteiger partial charge in [0.25, 0.3) is 0 Å². The number of hydrogen-bond acceptors (Lipinski definition) is 3. The molecular formula is C14H19Cl2NO2S. The van der Waals surface area contributed by atoms with Crippen LogP contribution in [0.1, 0.15) is 25.7 Å². The molecule has 1 aromatic rings. The number of nitrogens with one attached hydrogen (secondary N) is 1. The first-order chi connectivity index (χ1) is 9.44. The van der Waals surface area contributed by atoms with Crippen LogP contribution >= 0.6 is 23.2 Å². The van der Waals surface area contributed by atoms with E-state index in [1.807, 2.05) is 7.05 Å². The Labute approximate surface area is 130 Å². The Hall–Kier alpha value is -0.290. The van der Waals surface area contributed by atoms with Gasteiger partial charge >= 0.3 is 0 Å². The molecule has 1 N–H and O–H groups in total. The van der Waals surface area contributed by atoms with Crippen LogP contribution in [0, 0.1) is 5.92 Å². The van der Waals surface area contributed by atoms with Crippen LogP contribution in [0.3, 0.4) is 0 Å². The third kappa shape index (κ3) is 3.67. The highest BCUT2D eigenvalue weighted by molar-refractivity contribution is 7.91. The molecule has 0 aliphatic heterocycles. The zero-order chi connectivity index (χ0) is 14.8. The van der Waals surface area contributed by atoms with Crippen LogP contribution in [-0.4, -0.2) is 27.3 Å². The summed E-state index contributed by atoms with van der Waals surface area (Å²) in [6.07, 6.45) is 4.09. The van der Waals surface area contributed by atoms with E-state index in [1.54, 1.807) is 0 Å². The van der Waals surface area contributed by atoms with Crippen LogP contribution in [0.25, 0.3) is 0 Å². The summed E-state index contributed by atoms with van der Waals surface area (Å²) in [6, 6.07) is 4.93. The lowest BCUT2D eigenvalue weighted by Crippen LogP contribution is -2.30. The Balaban J connectivity index is 2.05. The smallest absolute Gasteiger partial charge is 0.178 e. The van der Waals surface area contributed by atoms with Gasteiger partial charge in [0.1, 0.15) is 0 Å². The van der Waals surface area contributed by atoms with Crippen LogP contribution in [0.15, 0.2) is 23.1 Å². The van der Waals surface area contributed by atoms with Crippen molar-refractivity contribution in [3.05, 3.63) is 28.2 Å². The van der Waals surface area contributed by atoms with Gasteiger partial charge in [0, 0.05) is 6.04 Å². The summed E-state index contributed by atoms with van der Waals surface area (Å²) in [7, 11) is -1.35. The highest BCUT2D eigenvalue weighted by Gasteiger charge is 2.27. The minimum absolute atomic E-state index is 0.161. The van der Waals surface area contributed by atoms with Gasteiger partial charge in [-0.2, -0.15) is 0 Å². The molecule has 2 unspecified atom stereocenters. The molecule has 1 aliphatic carbocycles. The van der Waals surface area contributed by atoms with E-state index in [0.29, 0.717) is 23.4 Å².